The number of aliphatic hydroxyl groups is 2. The largest absolute Gasteiger partial charge is 0.477 e. The van der Waals surface area contributed by atoms with Crippen molar-refractivity contribution in [2.45, 2.75) is 37.4 Å². The summed E-state index contributed by atoms with van der Waals surface area (Å²) in [4.78, 5) is 18.1. The molecule has 8 heteroatoms. The first-order valence-electron chi connectivity index (χ1n) is 9.86. The second-order valence-corrected chi connectivity index (χ2v) is 7.83. The molecule has 2 fully saturated rings. The zero-order chi connectivity index (χ0) is 20.1. The number of aliphatic hydroxyl groups excluding tert-OH is 2. The van der Waals surface area contributed by atoms with Crippen LogP contribution in [0.2, 0.25) is 0 Å². The Morgan fingerprint density at radius 3 is 2.34 bits per heavy atom. The first kappa shape index (κ1) is 18.1. The van der Waals surface area contributed by atoms with Crippen LogP contribution in [0.25, 0.3) is 16.7 Å². The fourth-order valence-electron chi connectivity index (χ4n) is 4.16. The summed E-state index contributed by atoms with van der Waals surface area (Å²) >= 11 is 0. The molecule has 3 aromatic rings. The quantitative estimate of drug-likeness (QED) is 0.620. The number of β-amino-alcohol motifs (C(OH)–C–C–N with tert-alkyl or cyclic N) is 2. The fraction of sp³-hybridized carbons (Fsp3) is 0.381. The van der Waals surface area contributed by atoms with Gasteiger partial charge in [0.15, 0.2) is 11.3 Å². The maximum atomic E-state index is 11.8. The molecular weight excluding hydrogens is 372 g/mol. The van der Waals surface area contributed by atoms with E-state index in [1.807, 2.05) is 35.2 Å². The molecule has 2 aliphatic rings. The van der Waals surface area contributed by atoms with Gasteiger partial charge in [-0.15, -0.1) is 0 Å². The van der Waals surface area contributed by atoms with E-state index >= 15 is 0 Å². The second kappa shape index (κ2) is 6.82. The molecule has 0 unspecified atom stereocenters. The second-order valence-electron chi connectivity index (χ2n) is 7.83. The molecule has 3 N–H and O–H groups in total. The van der Waals surface area contributed by atoms with Crippen LogP contribution >= 0.6 is 0 Å². The van der Waals surface area contributed by atoms with Gasteiger partial charge in [0.25, 0.3) is 0 Å². The minimum absolute atomic E-state index is 0.0828. The minimum atomic E-state index is -1.13. The van der Waals surface area contributed by atoms with Crippen molar-refractivity contribution >= 4 is 22.7 Å². The SMILES string of the molecule is O=C(O)c1cc(N2C[C@@H](O)[C@H](O)C2)c2c(C3CCC3)nn(-c3ccccc3)c2n1. The summed E-state index contributed by atoms with van der Waals surface area (Å²) in [5, 5.41) is 35.4. The highest BCUT2D eigenvalue weighted by atomic mass is 16.4. The Hall–Kier alpha value is -2.97. The maximum absolute atomic E-state index is 11.8. The Bertz CT molecular complexity index is 1070. The molecule has 0 bridgehead atoms. The lowest BCUT2D eigenvalue weighted by Crippen LogP contribution is -2.22. The van der Waals surface area contributed by atoms with Gasteiger partial charge in [-0.05, 0) is 31.0 Å². The van der Waals surface area contributed by atoms with Gasteiger partial charge < -0.3 is 20.2 Å². The van der Waals surface area contributed by atoms with Gasteiger partial charge in [-0.1, -0.05) is 24.6 Å². The number of anilines is 1. The number of para-hydroxylation sites is 1. The summed E-state index contributed by atoms with van der Waals surface area (Å²) in [5.74, 6) is -0.824. The lowest BCUT2D eigenvalue weighted by atomic mass is 9.82. The van der Waals surface area contributed by atoms with Crippen LogP contribution in [-0.4, -0.2) is 61.4 Å². The number of aromatic carboxylic acids is 1. The lowest BCUT2D eigenvalue weighted by molar-refractivity contribution is 0.0572. The number of nitrogens with zero attached hydrogens (tertiary/aromatic N) is 4. The molecule has 0 spiro atoms. The van der Waals surface area contributed by atoms with Gasteiger partial charge in [0, 0.05) is 19.0 Å². The van der Waals surface area contributed by atoms with Gasteiger partial charge >= 0.3 is 5.97 Å². The van der Waals surface area contributed by atoms with E-state index in [9.17, 15) is 20.1 Å². The molecule has 0 amide bonds. The molecule has 150 valence electrons. The van der Waals surface area contributed by atoms with Crippen molar-refractivity contribution in [1.29, 1.82) is 0 Å². The first-order chi connectivity index (χ1) is 14.0. The van der Waals surface area contributed by atoms with Gasteiger partial charge in [0.05, 0.1) is 34.7 Å². The smallest absolute Gasteiger partial charge is 0.354 e. The highest BCUT2D eigenvalue weighted by Crippen LogP contribution is 2.43. The highest BCUT2D eigenvalue weighted by molar-refractivity contribution is 5.98. The maximum Gasteiger partial charge on any atom is 0.354 e. The summed E-state index contributed by atoms with van der Waals surface area (Å²) in [6, 6.07) is 11.1. The van der Waals surface area contributed by atoms with Crippen molar-refractivity contribution in [2.75, 3.05) is 18.0 Å². The Kier molecular flexibility index (Phi) is 4.25. The predicted octanol–water partition coefficient (Wildman–Crippen LogP) is 1.93. The number of hydrogen-bond donors (Lipinski definition) is 3. The Morgan fingerprint density at radius 1 is 1.07 bits per heavy atom. The van der Waals surface area contributed by atoms with Crippen molar-refractivity contribution in [3.8, 4) is 5.69 Å². The summed E-state index contributed by atoms with van der Waals surface area (Å²) in [6.45, 7) is 0.472. The van der Waals surface area contributed by atoms with E-state index in [4.69, 9.17) is 5.10 Å². The van der Waals surface area contributed by atoms with Gasteiger partial charge in [0.1, 0.15) is 0 Å². The summed E-state index contributed by atoms with van der Waals surface area (Å²) in [5.41, 5.74) is 2.78. The van der Waals surface area contributed by atoms with Crippen LogP contribution in [0.5, 0.6) is 0 Å². The lowest BCUT2D eigenvalue weighted by Gasteiger charge is -2.25. The van der Waals surface area contributed by atoms with Crippen molar-refractivity contribution < 1.29 is 20.1 Å². The van der Waals surface area contributed by atoms with E-state index in [2.05, 4.69) is 4.98 Å². The average molecular weight is 394 g/mol. The number of fused-ring (bicyclic) bond motifs is 1. The van der Waals surface area contributed by atoms with Crippen LogP contribution in [-0.2, 0) is 0 Å². The number of pyridine rings is 1. The van der Waals surface area contributed by atoms with E-state index in [0.29, 0.717) is 17.3 Å². The van der Waals surface area contributed by atoms with E-state index in [1.165, 1.54) is 6.07 Å². The van der Waals surface area contributed by atoms with Crippen LogP contribution in [0.4, 0.5) is 5.69 Å². The fourth-order valence-corrected chi connectivity index (χ4v) is 4.16. The van der Waals surface area contributed by atoms with Crippen LogP contribution in [0.3, 0.4) is 0 Å². The zero-order valence-corrected chi connectivity index (χ0v) is 15.8. The number of carboxylic acids is 1. The molecule has 3 heterocycles. The molecule has 29 heavy (non-hydrogen) atoms. The molecule has 1 saturated heterocycles. The molecule has 1 aliphatic carbocycles. The number of benzene rings is 1. The summed E-state index contributed by atoms with van der Waals surface area (Å²) in [6.07, 6.45) is 1.46. The molecule has 5 rings (SSSR count). The van der Waals surface area contributed by atoms with Crippen LogP contribution in [0.15, 0.2) is 36.4 Å². The summed E-state index contributed by atoms with van der Waals surface area (Å²) < 4.78 is 1.71. The van der Waals surface area contributed by atoms with Gasteiger partial charge in [-0.3, -0.25) is 0 Å². The standard InChI is InChI=1S/C21H22N4O4/c26-16-10-24(11-17(16)27)15-9-14(21(28)29)22-20-18(15)19(12-5-4-6-12)23-25(20)13-7-2-1-3-8-13/h1-3,7-9,12,16-17,26-27H,4-6,10-11H2,(H,28,29)/t16-,17-/m1/s1. The summed E-state index contributed by atoms with van der Waals surface area (Å²) in [7, 11) is 0. The Morgan fingerprint density at radius 2 is 1.76 bits per heavy atom. The van der Waals surface area contributed by atoms with Crippen molar-refractivity contribution in [3.05, 3.63) is 47.8 Å². The third-order valence-electron chi connectivity index (χ3n) is 5.96. The molecule has 0 radical (unpaired) electrons. The average Bonchev–Trinajstić information content (AvgIpc) is 3.21. The molecule has 2 aromatic heterocycles. The third kappa shape index (κ3) is 2.95. The van der Waals surface area contributed by atoms with E-state index in [1.54, 1.807) is 4.68 Å². The van der Waals surface area contributed by atoms with Crippen LogP contribution in [0, 0.1) is 0 Å². The topological polar surface area (TPSA) is 112 Å². The number of hydrogen-bond acceptors (Lipinski definition) is 6. The zero-order valence-electron chi connectivity index (χ0n) is 15.8. The van der Waals surface area contributed by atoms with Crippen LogP contribution < -0.4 is 4.90 Å². The number of aromatic nitrogens is 3. The van der Waals surface area contributed by atoms with Crippen molar-refractivity contribution in [1.82, 2.24) is 14.8 Å². The minimum Gasteiger partial charge on any atom is -0.477 e. The van der Waals surface area contributed by atoms with Crippen molar-refractivity contribution in [3.63, 3.8) is 0 Å². The molecule has 8 nitrogen and oxygen atoms in total. The van der Waals surface area contributed by atoms with Crippen LogP contribution in [0.1, 0.15) is 41.4 Å². The molecule has 2 atom stereocenters. The Labute approximate surface area is 167 Å². The van der Waals surface area contributed by atoms with Gasteiger partial charge in [-0.2, -0.15) is 5.10 Å². The van der Waals surface area contributed by atoms with Gasteiger partial charge in [0.2, 0.25) is 0 Å². The third-order valence-corrected chi connectivity index (χ3v) is 5.96. The Balaban J connectivity index is 1.78. The number of rotatable bonds is 4. The molecule has 1 aliphatic heterocycles. The molecular formula is C21H22N4O4. The monoisotopic (exact) mass is 394 g/mol. The molecule has 1 saturated carbocycles. The molecule has 1 aromatic carbocycles. The van der Waals surface area contributed by atoms with Gasteiger partial charge in [-0.25, -0.2) is 14.5 Å². The first-order valence-corrected chi connectivity index (χ1v) is 9.86. The number of carbonyl (C=O) groups is 1. The highest BCUT2D eigenvalue weighted by Gasteiger charge is 2.35. The van der Waals surface area contributed by atoms with E-state index in [0.717, 1.165) is 36.0 Å². The normalized spacial score (nSPS) is 22.2. The van der Waals surface area contributed by atoms with Crippen molar-refractivity contribution in [2.24, 2.45) is 0 Å². The van der Waals surface area contributed by atoms with E-state index < -0.39 is 18.2 Å². The predicted molar refractivity (Wildman–Crippen MR) is 107 cm³/mol. The number of carboxylic acid groups (broad SMARTS) is 1. The van der Waals surface area contributed by atoms with E-state index in [-0.39, 0.29) is 18.8 Å².